The van der Waals surface area contributed by atoms with Gasteiger partial charge in [-0.1, -0.05) is 18.5 Å². The number of anilines is 1. The highest BCUT2D eigenvalue weighted by Gasteiger charge is 2.26. The molecule has 9 heteroatoms. The van der Waals surface area contributed by atoms with Gasteiger partial charge < -0.3 is 15.6 Å². The second kappa shape index (κ2) is 6.78. The minimum atomic E-state index is 0.159. The van der Waals surface area contributed by atoms with Crippen molar-refractivity contribution in [2.75, 3.05) is 18.0 Å². The Balaban J connectivity index is 1.82. The summed E-state index contributed by atoms with van der Waals surface area (Å²) in [5.41, 5.74) is 7.82. The maximum atomic E-state index is 6.59. The van der Waals surface area contributed by atoms with Gasteiger partial charge in [0.2, 0.25) is 0 Å². The van der Waals surface area contributed by atoms with E-state index in [0.29, 0.717) is 10.2 Å². The van der Waals surface area contributed by atoms with Crippen LogP contribution in [0.4, 0.5) is 5.82 Å². The predicted molar refractivity (Wildman–Crippen MR) is 99.2 cm³/mol. The average Bonchev–Trinajstić information content (AvgIpc) is 3.19. The van der Waals surface area contributed by atoms with Gasteiger partial charge in [-0.3, -0.25) is 0 Å². The maximum absolute atomic E-state index is 6.59. The Labute approximate surface area is 154 Å². The van der Waals surface area contributed by atoms with Crippen molar-refractivity contribution in [3.63, 3.8) is 0 Å². The molecule has 0 amide bonds. The van der Waals surface area contributed by atoms with Crippen LogP contribution in [0.2, 0.25) is 5.02 Å². The van der Waals surface area contributed by atoms with Crippen molar-refractivity contribution in [1.29, 1.82) is 0 Å². The van der Waals surface area contributed by atoms with Crippen LogP contribution in [0.15, 0.2) is 28.8 Å². The van der Waals surface area contributed by atoms with Crippen LogP contribution in [0.3, 0.4) is 0 Å². The van der Waals surface area contributed by atoms with Crippen molar-refractivity contribution in [1.82, 2.24) is 24.9 Å². The van der Waals surface area contributed by atoms with Crippen LogP contribution in [0.5, 0.6) is 0 Å². The molecule has 3 aromatic heterocycles. The lowest BCUT2D eigenvalue weighted by Crippen LogP contribution is -2.27. The van der Waals surface area contributed by atoms with E-state index in [4.69, 9.17) is 22.3 Å². The van der Waals surface area contributed by atoms with Gasteiger partial charge in [-0.05, 0) is 24.6 Å². The molecule has 0 spiro atoms. The molecule has 0 aromatic carbocycles. The van der Waals surface area contributed by atoms with Gasteiger partial charge in [0, 0.05) is 37.2 Å². The van der Waals surface area contributed by atoms with Crippen molar-refractivity contribution < 1.29 is 0 Å². The van der Waals surface area contributed by atoms with E-state index >= 15 is 0 Å². The number of H-pyrrole nitrogens is 1. The number of halogens is 1. The summed E-state index contributed by atoms with van der Waals surface area (Å²) in [6.07, 6.45) is 6.75. The number of aryl methyl sites for hydroxylation is 1. The smallest absolute Gasteiger partial charge is 0.196 e. The lowest BCUT2D eigenvalue weighted by Gasteiger charge is -2.18. The Morgan fingerprint density at radius 2 is 2.16 bits per heavy atom. The quantitative estimate of drug-likeness (QED) is 0.676. The first kappa shape index (κ1) is 16.6. The average molecular weight is 376 g/mol. The molecular weight excluding hydrogens is 358 g/mol. The van der Waals surface area contributed by atoms with Crippen LogP contribution in [-0.2, 0) is 6.42 Å². The van der Waals surface area contributed by atoms with E-state index in [2.05, 4.69) is 31.8 Å². The first-order valence-corrected chi connectivity index (χ1v) is 9.36. The van der Waals surface area contributed by atoms with Gasteiger partial charge in [-0.2, -0.15) is 0 Å². The van der Waals surface area contributed by atoms with Gasteiger partial charge in [-0.25, -0.2) is 19.9 Å². The molecule has 0 unspecified atom stereocenters. The van der Waals surface area contributed by atoms with Crippen LogP contribution in [0.25, 0.3) is 11.0 Å². The van der Waals surface area contributed by atoms with Gasteiger partial charge >= 0.3 is 0 Å². The summed E-state index contributed by atoms with van der Waals surface area (Å²) in [5.74, 6) is 0.846. The summed E-state index contributed by atoms with van der Waals surface area (Å²) in [6.45, 7) is 3.70. The van der Waals surface area contributed by atoms with Crippen molar-refractivity contribution in [3.05, 3.63) is 29.4 Å². The number of nitrogens with one attached hydrogen (secondary N) is 1. The third-order valence-corrected chi connectivity index (χ3v) is 5.48. The predicted octanol–water partition coefficient (Wildman–Crippen LogP) is 2.65. The summed E-state index contributed by atoms with van der Waals surface area (Å²) in [5, 5.41) is 2.21. The molecule has 1 fully saturated rings. The SMILES string of the molecule is CCc1[nH]c2nc(Sc3cncnc3)nc(N3CC[C@@H](N)C3)c2c1Cl. The van der Waals surface area contributed by atoms with Gasteiger partial charge in [0.15, 0.2) is 5.16 Å². The van der Waals surface area contributed by atoms with Crippen LogP contribution < -0.4 is 10.6 Å². The molecule has 1 aliphatic rings. The maximum Gasteiger partial charge on any atom is 0.196 e. The molecule has 130 valence electrons. The number of rotatable bonds is 4. The summed E-state index contributed by atoms with van der Waals surface area (Å²) in [6, 6.07) is 0.159. The summed E-state index contributed by atoms with van der Waals surface area (Å²) >= 11 is 8.02. The highest BCUT2D eigenvalue weighted by Crippen LogP contribution is 2.37. The summed E-state index contributed by atoms with van der Waals surface area (Å²) in [7, 11) is 0. The first-order chi connectivity index (χ1) is 12.2. The van der Waals surface area contributed by atoms with Gasteiger partial charge in [0.05, 0.1) is 15.3 Å². The van der Waals surface area contributed by atoms with Crippen LogP contribution in [0, 0.1) is 0 Å². The number of nitrogens with two attached hydrogens (primary N) is 1. The van der Waals surface area contributed by atoms with E-state index in [0.717, 1.165) is 53.4 Å². The highest BCUT2D eigenvalue weighted by molar-refractivity contribution is 7.99. The first-order valence-electron chi connectivity index (χ1n) is 8.17. The molecule has 0 bridgehead atoms. The molecule has 4 heterocycles. The summed E-state index contributed by atoms with van der Waals surface area (Å²) < 4.78 is 0. The summed E-state index contributed by atoms with van der Waals surface area (Å²) in [4.78, 5) is 23.9. The molecule has 3 N–H and O–H groups in total. The van der Waals surface area contributed by atoms with E-state index in [9.17, 15) is 0 Å². The molecule has 7 nitrogen and oxygen atoms in total. The lowest BCUT2D eigenvalue weighted by atomic mass is 10.3. The third-order valence-electron chi connectivity index (χ3n) is 4.25. The lowest BCUT2D eigenvalue weighted by molar-refractivity contribution is 0.751. The van der Waals surface area contributed by atoms with Crippen LogP contribution >= 0.6 is 23.4 Å². The zero-order valence-electron chi connectivity index (χ0n) is 13.7. The van der Waals surface area contributed by atoms with Gasteiger partial charge in [0.1, 0.15) is 17.8 Å². The zero-order chi connectivity index (χ0) is 17.4. The van der Waals surface area contributed by atoms with Crippen LogP contribution in [0.1, 0.15) is 19.0 Å². The monoisotopic (exact) mass is 375 g/mol. The standard InChI is InChI=1S/C16H18ClN7S/c1-2-11-13(17)12-14(21-11)22-16(25-10-5-19-8-20-6-10)23-15(12)24-4-3-9(18)7-24/h5-6,8-9H,2-4,7,18H2,1H3,(H,21,22,23)/t9-/m1/s1. The van der Waals surface area contributed by atoms with E-state index < -0.39 is 0 Å². The molecule has 1 aliphatic heterocycles. The van der Waals surface area contributed by atoms with Crippen molar-refractivity contribution >= 4 is 40.2 Å². The molecular formula is C16H18ClN7S. The number of aromatic amines is 1. The van der Waals surface area contributed by atoms with Crippen LogP contribution in [-0.4, -0.2) is 44.1 Å². The van der Waals surface area contributed by atoms with E-state index in [1.54, 1.807) is 12.4 Å². The number of fused-ring (bicyclic) bond motifs is 1. The molecule has 1 atom stereocenters. The third kappa shape index (κ3) is 3.17. The fourth-order valence-electron chi connectivity index (χ4n) is 3.01. The van der Waals surface area contributed by atoms with Gasteiger partial charge in [-0.15, -0.1) is 0 Å². The fourth-order valence-corrected chi connectivity index (χ4v) is 4.07. The highest BCUT2D eigenvalue weighted by atomic mass is 35.5. The largest absolute Gasteiger partial charge is 0.354 e. The van der Waals surface area contributed by atoms with Crippen molar-refractivity contribution in [2.24, 2.45) is 5.73 Å². The van der Waals surface area contributed by atoms with E-state index in [-0.39, 0.29) is 6.04 Å². The molecule has 0 saturated carbocycles. The Morgan fingerprint density at radius 1 is 1.36 bits per heavy atom. The number of hydrogen-bond acceptors (Lipinski definition) is 7. The minimum Gasteiger partial charge on any atom is -0.354 e. The number of nitrogens with zero attached hydrogens (tertiary/aromatic N) is 5. The van der Waals surface area contributed by atoms with Crippen molar-refractivity contribution in [2.45, 2.75) is 35.9 Å². The van der Waals surface area contributed by atoms with E-state index in [1.807, 2.05) is 0 Å². The normalized spacial score (nSPS) is 17.6. The van der Waals surface area contributed by atoms with E-state index in [1.165, 1.54) is 18.1 Å². The fraction of sp³-hybridized carbons (Fsp3) is 0.375. The topological polar surface area (TPSA) is 96.6 Å². The Morgan fingerprint density at radius 3 is 2.84 bits per heavy atom. The molecule has 3 aromatic rings. The molecule has 25 heavy (non-hydrogen) atoms. The molecule has 1 saturated heterocycles. The number of hydrogen-bond donors (Lipinski definition) is 2. The second-order valence-corrected chi connectivity index (χ2v) is 7.41. The Bertz CT molecular complexity index is 898. The van der Waals surface area contributed by atoms with Gasteiger partial charge in [0.25, 0.3) is 0 Å². The molecule has 0 aliphatic carbocycles. The number of aromatic nitrogens is 5. The minimum absolute atomic E-state index is 0.159. The molecule has 0 radical (unpaired) electrons. The molecule has 4 rings (SSSR count). The Kier molecular flexibility index (Phi) is 4.49. The Hall–Kier alpha value is -1.90. The second-order valence-electron chi connectivity index (χ2n) is 6.00. The zero-order valence-corrected chi connectivity index (χ0v) is 15.3. The van der Waals surface area contributed by atoms with Crippen molar-refractivity contribution in [3.8, 4) is 0 Å².